The van der Waals surface area contributed by atoms with Crippen molar-refractivity contribution in [2.45, 2.75) is 25.7 Å². The number of nitrogens with zero attached hydrogens (tertiary/aromatic N) is 1. The van der Waals surface area contributed by atoms with Crippen LogP contribution in [0.25, 0.3) is 0 Å². The number of aryl methyl sites for hydroxylation is 1. The van der Waals surface area contributed by atoms with Gasteiger partial charge in [0.1, 0.15) is 0 Å². The third kappa shape index (κ3) is 3.45. The van der Waals surface area contributed by atoms with E-state index in [1.54, 1.807) is 0 Å². The minimum absolute atomic E-state index is 0.131. The lowest BCUT2D eigenvalue weighted by molar-refractivity contribution is -0.117. The summed E-state index contributed by atoms with van der Waals surface area (Å²) in [6.07, 6.45) is 1.95. The average Bonchev–Trinajstić information content (AvgIpc) is 2.88. The summed E-state index contributed by atoms with van der Waals surface area (Å²) in [5.41, 5.74) is 7.66. The molecule has 5 heteroatoms. The molecular weight excluding hydrogens is 252 g/mol. The number of nitrogens with one attached hydrogen (secondary N) is 2. The van der Waals surface area contributed by atoms with Crippen molar-refractivity contribution >= 4 is 11.7 Å². The van der Waals surface area contributed by atoms with Crippen molar-refractivity contribution < 1.29 is 4.79 Å². The largest absolute Gasteiger partial charge is 0.329 e. The Bertz CT molecular complexity index is 550. The van der Waals surface area contributed by atoms with Crippen LogP contribution >= 0.6 is 0 Å². The summed E-state index contributed by atoms with van der Waals surface area (Å²) in [4.78, 5) is 12.3. The SMILES string of the molecule is CCCc1cc(NC(=O)C(CN)c2ccccc2)n[nH]1. The van der Waals surface area contributed by atoms with Gasteiger partial charge in [-0.3, -0.25) is 9.89 Å². The molecule has 0 saturated carbocycles. The normalized spacial score (nSPS) is 12.1. The van der Waals surface area contributed by atoms with E-state index < -0.39 is 0 Å². The Kier molecular flexibility index (Phi) is 4.90. The Morgan fingerprint density at radius 3 is 2.80 bits per heavy atom. The van der Waals surface area contributed by atoms with Gasteiger partial charge in [-0.15, -0.1) is 0 Å². The number of rotatable bonds is 6. The molecule has 106 valence electrons. The fourth-order valence-electron chi connectivity index (χ4n) is 2.12. The maximum absolute atomic E-state index is 12.3. The van der Waals surface area contributed by atoms with Gasteiger partial charge in [-0.25, -0.2) is 0 Å². The summed E-state index contributed by atoms with van der Waals surface area (Å²) < 4.78 is 0. The van der Waals surface area contributed by atoms with Crippen molar-refractivity contribution in [3.63, 3.8) is 0 Å². The molecule has 0 spiro atoms. The van der Waals surface area contributed by atoms with Crippen LogP contribution in [0.1, 0.15) is 30.5 Å². The molecule has 1 aromatic carbocycles. The van der Waals surface area contributed by atoms with Crippen LogP contribution in [0.3, 0.4) is 0 Å². The van der Waals surface area contributed by atoms with Crippen LogP contribution in [-0.2, 0) is 11.2 Å². The number of hydrogen-bond acceptors (Lipinski definition) is 3. The Morgan fingerprint density at radius 2 is 2.15 bits per heavy atom. The molecular formula is C15H20N4O. The maximum Gasteiger partial charge on any atom is 0.234 e. The van der Waals surface area contributed by atoms with Crippen molar-refractivity contribution in [3.05, 3.63) is 47.7 Å². The molecule has 4 N–H and O–H groups in total. The van der Waals surface area contributed by atoms with Crippen LogP contribution in [-0.4, -0.2) is 22.6 Å². The highest BCUT2D eigenvalue weighted by molar-refractivity contribution is 5.95. The van der Waals surface area contributed by atoms with Crippen molar-refractivity contribution in [2.24, 2.45) is 5.73 Å². The lowest BCUT2D eigenvalue weighted by atomic mass is 9.98. The molecule has 1 unspecified atom stereocenters. The van der Waals surface area contributed by atoms with Crippen molar-refractivity contribution in [1.82, 2.24) is 10.2 Å². The van der Waals surface area contributed by atoms with Gasteiger partial charge in [0, 0.05) is 18.3 Å². The van der Waals surface area contributed by atoms with Crippen molar-refractivity contribution in [2.75, 3.05) is 11.9 Å². The molecule has 0 radical (unpaired) electrons. The van der Waals surface area contributed by atoms with Crippen molar-refractivity contribution in [3.8, 4) is 0 Å². The number of aromatic nitrogens is 2. The van der Waals surface area contributed by atoms with E-state index in [0.29, 0.717) is 5.82 Å². The second-order valence-electron chi connectivity index (χ2n) is 4.72. The fourth-order valence-corrected chi connectivity index (χ4v) is 2.12. The molecule has 0 bridgehead atoms. The topological polar surface area (TPSA) is 83.8 Å². The number of carbonyl (C=O) groups is 1. The van der Waals surface area contributed by atoms with E-state index in [1.807, 2.05) is 36.4 Å². The van der Waals surface area contributed by atoms with Gasteiger partial charge in [-0.1, -0.05) is 43.7 Å². The number of aromatic amines is 1. The Morgan fingerprint density at radius 1 is 1.40 bits per heavy atom. The highest BCUT2D eigenvalue weighted by atomic mass is 16.2. The van der Waals surface area contributed by atoms with E-state index in [-0.39, 0.29) is 18.4 Å². The first-order valence-electron chi connectivity index (χ1n) is 6.84. The van der Waals surface area contributed by atoms with Crippen LogP contribution in [0, 0.1) is 0 Å². The highest BCUT2D eigenvalue weighted by Gasteiger charge is 2.19. The molecule has 1 amide bonds. The second kappa shape index (κ2) is 6.86. The molecule has 1 aromatic heterocycles. The van der Waals surface area contributed by atoms with Gasteiger partial charge in [-0.05, 0) is 12.0 Å². The number of nitrogens with two attached hydrogens (primary N) is 1. The van der Waals surface area contributed by atoms with Crippen LogP contribution in [0.4, 0.5) is 5.82 Å². The van der Waals surface area contributed by atoms with Gasteiger partial charge >= 0.3 is 0 Å². The zero-order chi connectivity index (χ0) is 14.4. The summed E-state index contributed by atoms with van der Waals surface area (Å²) in [5.74, 6) is 0.0589. The first kappa shape index (κ1) is 14.3. The van der Waals surface area contributed by atoms with Gasteiger partial charge in [0.2, 0.25) is 5.91 Å². The minimum Gasteiger partial charge on any atom is -0.329 e. The standard InChI is InChI=1S/C15H20N4O/c1-2-6-12-9-14(19-18-12)17-15(20)13(10-16)11-7-4-3-5-8-11/h3-5,7-9,13H,2,6,10,16H2,1H3,(H2,17,18,19,20). The first-order valence-corrected chi connectivity index (χ1v) is 6.84. The molecule has 5 nitrogen and oxygen atoms in total. The Hall–Kier alpha value is -2.14. The summed E-state index contributed by atoms with van der Waals surface area (Å²) in [6.45, 7) is 2.36. The smallest absolute Gasteiger partial charge is 0.234 e. The third-order valence-electron chi connectivity index (χ3n) is 3.16. The van der Waals surface area contributed by atoms with E-state index in [1.165, 1.54) is 0 Å². The van der Waals surface area contributed by atoms with Crippen LogP contribution in [0.15, 0.2) is 36.4 Å². The third-order valence-corrected chi connectivity index (χ3v) is 3.16. The van der Waals surface area contributed by atoms with Crippen molar-refractivity contribution in [1.29, 1.82) is 0 Å². The molecule has 0 aliphatic carbocycles. The van der Waals surface area contributed by atoms with E-state index in [0.717, 1.165) is 24.1 Å². The number of amides is 1. The quantitative estimate of drug-likeness (QED) is 0.752. The number of anilines is 1. The average molecular weight is 272 g/mol. The molecule has 2 rings (SSSR count). The number of hydrogen-bond donors (Lipinski definition) is 3. The summed E-state index contributed by atoms with van der Waals surface area (Å²) in [7, 11) is 0. The van der Waals surface area contributed by atoms with Gasteiger partial charge in [0.25, 0.3) is 0 Å². The summed E-state index contributed by atoms with van der Waals surface area (Å²) in [6, 6.07) is 11.4. The van der Waals surface area contributed by atoms with Gasteiger partial charge in [-0.2, -0.15) is 5.10 Å². The predicted molar refractivity (Wildman–Crippen MR) is 79.4 cm³/mol. The molecule has 1 heterocycles. The van der Waals surface area contributed by atoms with Crippen LogP contribution in [0.5, 0.6) is 0 Å². The molecule has 20 heavy (non-hydrogen) atoms. The predicted octanol–water partition coefficient (Wildman–Crippen LogP) is 2.04. The number of carbonyl (C=O) groups excluding carboxylic acids is 1. The molecule has 1 atom stereocenters. The maximum atomic E-state index is 12.3. The van der Waals surface area contributed by atoms with Crippen LogP contribution in [0.2, 0.25) is 0 Å². The zero-order valence-electron chi connectivity index (χ0n) is 11.6. The molecule has 2 aromatic rings. The van der Waals surface area contributed by atoms with Gasteiger partial charge < -0.3 is 11.1 Å². The number of H-pyrrole nitrogens is 1. The molecule has 0 fully saturated rings. The minimum atomic E-state index is -0.359. The lowest BCUT2D eigenvalue weighted by Crippen LogP contribution is -2.27. The first-order chi connectivity index (χ1) is 9.74. The van der Waals surface area contributed by atoms with Gasteiger partial charge in [0.15, 0.2) is 5.82 Å². The van der Waals surface area contributed by atoms with E-state index in [9.17, 15) is 4.79 Å². The van der Waals surface area contributed by atoms with Crippen LogP contribution < -0.4 is 11.1 Å². The van der Waals surface area contributed by atoms with E-state index >= 15 is 0 Å². The molecule has 0 saturated heterocycles. The summed E-state index contributed by atoms with van der Waals surface area (Å²) in [5, 5.41) is 9.81. The summed E-state index contributed by atoms with van der Waals surface area (Å²) >= 11 is 0. The Labute approximate surface area is 118 Å². The number of benzene rings is 1. The van der Waals surface area contributed by atoms with Gasteiger partial charge in [0.05, 0.1) is 5.92 Å². The second-order valence-corrected chi connectivity index (χ2v) is 4.72. The highest BCUT2D eigenvalue weighted by Crippen LogP contribution is 2.17. The Balaban J connectivity index is 2.05. The fraction of sp³-hybridized carbons (Fsp3) is 0.333. The van der Waals surface area contributed by atoms with E-state index in [2.05, 4.69) is 22.4 Å². The monoisotopic (exact) mass is 272 g/mol. The zero-order valence-corrected chi connectivity index (χ0v) is 11.6. The lowest BCUT2D eigenvalue weighted by Gasteiger charge is -2.13. The molecule has 0 aliphatic rings. The van der Waals surface area contributed by atoms with E-state index in [4.69, 9.17) is 5.73 Å². The molecule has 0 aliphatic heterocycles.